The second-order valence-corrected chi connectivity index (χ2v) is 8.98. The van der Waals surface area contributed by atoms with Gasteiger partial charge in [-0.1, -0.05) is 17.7 Å². The van der Waals surface area contributed by atoms with E-state index in [0.29, 0.717) is 37.7 Å². The SMILES string of the molecule is CCOc1ccc(S(=O)(=O)N2CCN(c3cccc(Cl)c3C)CC2)cc1C. The Kier molecular flexibility index (Phi) is 5.99. The fraction of sp³-hybridized carbons (Fsp3) is 0.400. The summed E-state index contributed by atoms with van der Waals surface area (Å²) >= 11 is 6.22. The minimum absolute atomic E-state index is 0.316. The lowest BCUT2D eigenvalue weighted by atomic mass is 10.1. The predicted molar refractivity (Wildman–Crippen MR) is 110 cm³/mol. The summed E-state index contributed by atoms with van der Waals surface area (Å²) in [5.41, 5.74) is 2.92. The summed E-state index contributed by atoms with van der Waals surface area (Å²) in [4.78, 5) is 2.51. The molecule has 0 spiro atoms. The molecule has 0 N–H and O–H groups in total. The maximum atomic E-state index is 13.0. The molecular weight excluding hydrogens is 384 g/mol. The molecule has 0 aliphatic carbocycles. The molecule has 0 aromatic heterocycles. The van der Waals surface area contributed by atoms with Crippen molar-refractivity contribution in [3.63, 3.8) is 0 Å². The number of piperazine rings is 1. The van der Waals surface area contributed by atoms with Crippen LogP contribution in [0.25, 0.3) is 0 Å². The minimum Gasteiger partial charge on any atom is -0.494 e. The van der Waals surface area contributed by atoms with Gasteiger partial charge < -0.3 is 9.64 Å². The number of hydrogen-bond acceptors (Lipinski definition) is 4. The fourth-order valence-corrected chi connectivity index (χ4v) is 5.03. The lowest BCUT2D eigenvalue weighted by molar-refractivity contribution is 0.337. The van der Waals surface area contributed by atoms with Gasteiger partial charge in [0.2, 0.25) is 10.0 Å². The van der Waals surface area contributed by atoms with Gasteiger partial charge >= 0.3 is 0 Å². The van der Waals surface area contributed by atoms with Gasteiger partial charge in [0, 0.05) is 36.9 Å². The molecule has 0 saturated carbocycles. The van der Waals surface area contributed by atoms with Crippen LogP contribution in [-0.2, 0) is 10.0 Å². The number of hydrogen-bond donors (Lipinski definition) is 0. The van der Waals surface area contributed by atoms with Crippen LogP contribution in [0.3, 0.4) is 0 Å². The van der Waals surface area contributed by atoms with E-state index < -0.39 is 10.0 Å². The third-order valence-corrected chi connectivity index (χ3v) is 7.21. The third kappa shape index (κ3) is 4.08. The monoisotopic (exact) mass is 408 g/mol. The molecule has 0 amide bonds. The maximum absolute atomic E-state index is 13.0. The molecule has 2 aromatic carbocycles. The molecule has 27 heavy (non-hydrogen) atoms. The van der Waals surface area contributed by atoms with E-state index in [1.54, 1.807) is 22.5 Å². The Morgan fingerprint density at radius 2 is 1.78 bits per heavy atom. The summed E-state index contributed by atoms with van der Waals surface area (Å²) in [5, 5.41) is 0.729. The quantitative estimate of drug-likeness (QED) is 0.753. The molecule has 0 radical (unpaired) electrons. The Balaban J connectivity index is 1.75. The average molecular weight is 409 g/mol. The van der Waals surface area contributed by atoms with E-state index in [1.165, 1.54) is 0 Å². The van der Waals surface area contributed by atoms with Crippen molar-refractivity contribution >= 4 is 27.3 Å². The Morgan fingerprint density at radius 1 is 1.07 bits per heavy atom. The van der Waals surface area contributed by atoms with Crippen molar-refractivity contribution in [2.75, 3.05) is 37.7 Å². The summed E-state index contributed by atoms with van der Waals surface area (Å²) in [6.07, 6.45) is 0. The first-order valence-corrected chi connectivity index (χ1v) is 10.9. The normalized spacial score (nSPS) is 15.8. The minimum atomic E-state index is -3.52. The molecule has 0 atom stereocenters. The van der Waals surface area contributed by atoms with Gasteiger partial charge in [-0.05, 0) is 62.2 Å². The van der Waals surface area contributed by atoms with Crippen LogP contribution in [-0.4, -0.2) is 45.5 Å². The van der Waals surface area contributed by atoms with E-state index in [2.05, 4.69) is 4.90 Å². The Hall–Kier alpha value is -1.76. The van der Waals surface area contributed by atoms with Crippen LogP contribution < -0.4 is 9.64 Å². The molecule has 0 bridgehead atoms. The zero-order valence-electron chi connectivity index (χ0n) is 15.9. The van der Waals surface area contributed by atoms with Gasteiger partial charge in [0.05, 0.1) is 11.5 Å². The van der Waals surface area contributed by atoms with Gasteiger partial charge in [-0.3, -0.25) is 0 Å². The Labute approximate surface area is 166 Å². The first kappa shape index (κ1) is 20.0. The molecule has 146 valence electrons. The molecule has 2 aromatic rings. The summed E-state index contributed by atoms with van der Waals surface area (Å²) in [6, 6.07) is 10.9. The number of benzene rings is 2. The van der Waals surface area contributed by atoms with Crippen LogP contribution in [0.15, 0.2) is 41.3 Å². The van der Waals surface area contributed by atoms with Crippen molar-refractivity contribution in [1.82, 2.24) is 4.31 Å². The largest absolute Gasteiger partial charge is 0.494 e. The van der Waals surface area contributed by atoms with Crippen molar-refractivity contribution in [3.8, 4) is 5.75 Å². The first-order valence-electron chi connectivity index (χ1n) is 9.08. The highest BCUT2D eigenvalue weighted by Gasteiger charge is 2.29. The molecule has 0 unspecified atom stereocenters. The number of sulfonamides is 1. The van der Waals surface area contributed by atoms with Crippen LogP contribution >= 0.6 is 11.6 Å². The molecule has 1 heterocycles. The average Bonchev–Trinajstić information content (AvgIpc) is 2.66. The zero-order chi connectivity index (χ0) is 19.6. The van der Waals surface area contributed by atoms with E-state index in [4.69, 9.17) is 16.3 Å². The fourth-order valence-electron chi connectivity index (χ4n) is 3.36. The van der Waals surface area contributed by atoms with E-state index in [9.17, 15) is 8.42 Å². The molecule has 1 fully saturated rings. The number of halogens is 1. The highest BCUT2D eigenvalue weighted by atomic mass is 35.5. The summed E-state index contributed by atoms with van der Waals surface area (Å²) < 4.78 is 33.1. The Morgan fingerprint density at radius 3 is 2.41 bits per heavy atom. The van der Waals surface area contributed by atoms with Gasteiger partial charge in [0.1, 0.15) is 5.75 Å². The molecule has 7 heteroatoms. The van der Waals surface area contributed by atoms with Gasteiger partial charge in [0.15, 0.2) is 0 Å². The van der Waals surface area contributed by atoms with Gasteiger partial charge in [0.25, 0.3) is 0 Å². The molecule has 5 nitrogen and oxygen atoms in total. The smallest absolute Gasteiger partial charge is 0.243 e. The molecule has 1 aliphatic heterocycles. The third-order valence-electron chi connectivity index (χ3n) is 4.90. The van der Waals surface area contributed by atoms with Crippen molar-refractivity contribution in [2.24, 2.45) is 0 Å². The highest BCUT2D eigenvalue weighted by Crippen LogP contribution is 2.29. The number of ether oxygens (including phenoxy) is 1. The van der Waals surface area contributed by atoms with Crippen LogP contribution in [0.2, 0.25) is 5.02 Å². The molecule has 3 rings (SSSR count). The van der Waals surface area contributed by atoms with E-state index >= 15 is 0 Å². The predicted octanol–water partition coefficient (Wildman–Crippen LogP) is 3.87. The number of rotatable bonds is 5. The van der Waals surface area contributed by atoms with Crippen LogP contribution in [0.4, 0.5) is 5.69 Å². The van der Waals surface area contributed by atoms with E-state index in [0.717, 1.165) is 27.6 Å². The van der Waals surface area contributed by atoms with Gasteiger partial charge in [-0.15, -0.1) is 0 Å². The lowest BCUT2D eigenvalue weighted by Gasteiger charge is -2.36. The lowest BCUT2D eigenvalue weighted by Crippen LogP contribution is -2.48. The zero-order valence-corrected chi connectivity index (χ0v) is 17.5. The molecule has 1 aliphatic rings. The standard InChI is InChI=1S/C20H25ClN2O3S/c1-4-26-20-9-8-17(14-15(20)2)27(24,25)23-12-10-22(11-13-23)19-7-5-6-18(21)16(19)3/h5-9,14H,4,10-13H2,1-3H3. The highest BCUT2D eigenvalue weighted by molar-refractivity contribution is 7.89. The molecule has 1 saturated heterocycles. The summed E-state index contributed by atoms with van der Waals surface area (Å²) in [5.74, 6) is 0.720. The van der Waals surface area contributed by atoms with Crippen LogP contribution in [0, 0.1) is 13.8 Å². The van der Waals surface area contributed by atoms with Crippen molar-refractivity contribution < 1.29 is 13.2 Å². The van der Waals surface area contributed by atoms with Crippen molar-refractivity contribution in [3.05, 3.63) is 52.5 Å². The van der Waals surface area contributed by atoms with E-state index in [-0.39, 0.29) is 0 Å². The second kappa shape index (κ2) is 8.09. The first-order chi connectivity index (χ1) is 12.8. The van der Waals surface area contributed by atoms with Crippen molar-refractivity contribution in [2.45, 2.75) is 25.7 Å². The summed E-state index contributed by atoms with van der Waals surface area (Å²) in [6.45, 7) is 8.48. The van der Waals surface area contributed by atoms with Gasteiger partial charge in [-0.25, -0.2) is 8.42 Å². The number of anilines is 1. The molecular formula is C20H25ClN2O3S. The van der Waals surface area contributed by atoms with Crippen LogP contribution in [0.5, 0.6) is 5.75 Å². The second-order valence-electron chi connectivity index (χ2n) is 6.64. The summed E-state index contributed by atoms with van der Waals surface area (Å²) in [7, 11) is -3.52. The van der Waals surface area contributed by atoms with Crippen LogP contribution in [0.1, 0.15) is 18.1 Å². The number of aryl methyl sites for hydroxylation is 1. The van der Waals surface area contributed by atoms with Crippen molar-refractivity contribution in [1.29, 1.82) is 0 Å². The van der Waals surface area contributed by atoms with E-state index in [1.807, 2.05) is 39.0 Å². The maximum Gasteiger partial charge on any atom is 0.243 e. The number of nitrogens with zero attached hydrogens (tertiary/aromatic N) is 2. The van der Waals surface area contributed by atoms with Gasteiger partial charge in [-0.2, -0.15) is 4.31 Å². The topological polar surface area (TPSA) is 49.9 Å². The Bertz CT molecular complexity index is 923.